The van der Waals surface area contributed by atoms with Gasteiger partial charge in [-0.15, -0.1) is 0 Å². The fraction of sp³-hybridized carbons (Fsp3) is 0.350. The Morgan fingerprint density at radius 2 is 1.67 bits per heavy atom. The molecule has 1 amide bonds. The molecule has 146 valence electrons. The second-order valence-corrected chi connectivity index (χ2v) is 8.40. The number of amides is 1. The van der Waals surface area contributed by atoms with Gasteiger partial charge in [-0.25, -0.2) is 13.1 Å². The molecule has 2 aromatic carbocycles. The summed E-state index contributed by atoms with van der Waals surface area (Å²) in [7, 11) is -3.66. The van der Waals surface area contributed by atoms with Crippen molar-refractivity contribution in [3.8, 4) is 0 Å². The highest BCUT2D eigenvalue weighted by atomic mass is 32.2. The molecule has 0 aliphatic carbocycles. The van der Waals surface area contributed by atoms with Crippen LogP contribution in [0.4, 0.5) is 0 Å². The zero-order chi connectivity index (χ0) is 20.0. The van der Waals surface area contributed by atoms with E-state index in [-0.39, 0.29) is 29.8 Å². The van der Waals surface area contributed by atoms with Crippen molar-refractivity contribution in [3.05, 3.63) is 64.7 Å². The summed E-state index contributed by atoms with van der Waals surface area (Å²) in [6.07, 6.45) is 0.0463. The highest BCUT2D eigenvalue weighted by molar-refractivity contribution is 7.89. The van der Waals surface area contributed by atoms with Crippen molar-refractivity contribution in [2.45, 2.75) is 38.1 Å². The van der Waals surface area contributed by atoms with Gasteiger partial charge in [-0.05, 0) is 37.5 Å². The fourth-order valence-corrected chi connectivity index (χ4v) is 4.57. The van der Waals surface area contributed by atoms with E-state index >= 15 is 0 Å². The van der Waals surface area contributed by atoms with Crippen LogP contribution in [0.15, 0.2) is 47.4 Å². The monoisotopic (exact) mass is 389 g/mol. The molecule has 0 aliphatic heterocycles. The maximum Gasteiger partial charge on any atom is 0.241 e. The first kappa shape index (κ1) is 21.1. The van der Waals surface area contributed by atoms with Crippen LogP contribution in [0, 0.1) is 20.8 Å². The average Bonchev–Trinajstić information content (AvgIpc) is 2.59. The van der Waals surface area contributed by atoms with E-state index in [9.17, 15) is 13.2 Å². The van der Waals surface area contributed by atoms with Gasteiger partial charge in [0.1, 0.15) is 0 Å². The summed E-state index contributed by atoms with van der Waals surface area (Å²) in [5.74, 6) is -0.249. The van der Waals surface area contributed by atoms with Crippen LogP contribution in [0.3, 0.4) is 0 Å². The molecule has 0 aromatic heterocycles. The number of hydrogen-bond donors (Lipinski definition) is 3. The Morgan fingerprint density at radius 3 is 2.26 bits per heavy atom. The normalized spacial score (nSPS) is 12.6. The van der Waals surface area contributed by atoms with Gasteiger partial charge in [0, 0.05) is 25.6 Å². The molecule has 0 saturated heterocycles. The second kappa shape index (κ2) is 9.12. The Balaban J connectivity index is 1.86. The van der Waals surface area contributed by atoms with Crippen molar-refractivity contribution >= 4 is 15.9 Å². The van der Waals surface area contributed by atoms with Crippen LogP contribution in [0.2, 0.25) is 0 Å². The van der Waals surface area contributed by atoms with Gasteiger partial charge in [0.25, 0.3) is 0 Å². The third kappa shape index (κ3) is 5.89. The molecule has 0 bridgehead atoms. The van der Waals surface area contributed by atoms with E-state index < -0.39 is 10.0 Å². The van der Waals surface area contributed by atoms with Crippen molar-refractivity contribution < 1.29 is 13.2 Å². The number of benzene rings is 2. The summed E-state index contributed by atoms with van der Waals surface area (Å²) in [5.41, 5.74) is 9.37. The standard InChI is InChI=1S/C20H27N3O3S/c1-14-11-15(2)20(16(3)12-14)27(25,26)23-10-9-19(24)22-13-18(21)17-7-5-4-6-8-17/h4-8,11-12,18,23H,9-10,13,21H2,1-3H3,(H,22,24). The minimum Gasteiger partial charge on any atom is -0.354 e. The number of hydrogen-bond acceptors (Lipinski definition) is 4. The summed E-state index contributed by atoms with van der Waals surface area (Å²) >= 11 is 0. The van der Waals surface area contributed by atoms with Gasteiger partial charge in [0.05, 0.1) is 4.90 Å². The number of nitrogens with two attached hydrogens (primary N) is 1. The molecule has 2 rings (SSSR count). The third-order valence-corrected chi connectivity index (χ3v) is 6.03. The molecule has 1 atom stereocenters. The van der Waals surface area contributed by atoms with Gasteiger partial charge in [0.15, 0.2) is 0 Å². The number of rotatable bonds is 8. The second-order valence-electron chi connectivity index (χ2n) is 6.70. The minimum atomic E-state index is -3.66. The molecule has 0 aliphatic rings. The van der Waals surface area contributed by atoms with E-state index in [4.69, 9.17) is 5.73 Å². The third-order valence-electron chi connectivity index (χ3n) is 4.26. The van der Waals surface area contributed by atoms with E-state index in [1.165, 1.54) is 0 Å². The molecule has 1 unspecified atom stereocenters. The topological polar surface area (TPSA) is 101 Å². The van der Waals surface area contributed by atoms with E-state index in [2.05, 4.69) is 10.0 Å². The van der Waals surface area contributed by atoms with Gasteiger partial charge in [-0.2, -0.15) is 0 Å². The molecule has 6 nitrogen and oxygen atoms in total. The van der Waals surface area contributed by atoms with E-state index in [1.807, 2.05) is 49.4 Å². The van der Waals surface area contributed by atoms with Crippen molar-refractivity contribution in [2.24, 2.45) is 5.73 Å². The number of sulfonamides is 1. The van der Waals surface area contributed by atoms with Crippen molar-refractivity contribution in [1.82, 2.24) is 10.0 Å². The first-order valence-corrected chi connectivity index (χ1v) is 10.3. The van der Waals surface area contributed by atoms with Gasteiger partial charge in [-0.1, -0.05) is 48.0 Å². The van der Waals surface area contributed by atoms with E-state index in [0.717, 1.165) is 11.1 Å². The first-order chi connectivity index (χ1) is 12.7. The first-order valence-electron chi connectivity index (χ1n) is 8.85. The SMILES string of the molecule is Cc1cc(C)c(S(=O)(=O)NCCC(=O)NCC(N)c2ccccc2)c(C)c1. The zero-order valence-corrected chi connectivity index (χ0v) is 16.8. The van der Waals surface area contributed by atoms with Crippen LogP contribution in [0.1, 0.15) is 34.7 Å². The largest absolute Gasteiger partial charge is 0.354 e. The predicted octanol–water partition coefficient (Wildman–Crippen LogP) is 2.10. The minimum absolute atomic E-state index is 0.0293. The average molecular weight is 390 g/mol. The number of nitrogens with one attached hydrogen (secondary N) is 2. The Hall–Kier alpha value is -2.22. The van der Waals surface area contributed by atoms with E-state index in [1.54, 1.807) is 13.8 Å². The lowest BCUT2D eigenvalue weighted by molar-refractivity contribution is -0.121. The molecule has 0 spiro atoms. The van der Waals surface area contributed by atoms with E-state index in [0.29, 0.717) is 17.7 Å². The number of carbonyl (C=O) groups excluding carboxylic acids is 1. The molecule has 0 radical (unpaired) electrons. The maximum absolute atomic E-state index is 12.6. The summed E-state index contributed by atoms with van der Waals surface area (Å²) in [5, 5.41) is 2.74. The molecular formula is C20H27N3O3S. The Kier molecular flexibility index (Phi) is 7.12. The summed E-state index contributed by atoms with van der Waals surface area (Å²) in [6, 6.07) is 12.8. The highest BCUT2D eigenvalue weighted by Gasteiger charge is 2.19. The molecule has 4 N–H and O–H groups in total. The van der Waals surface area contributed by atoms with Gasteiger partial charge >= 0.3 is 0 Å². The van der Waals surface area contributed by atoms with Crippen molar-refractivity contribution in [1.29, 1.82) is 0 Å². The van der Waals surface area contributed by atoms with Crippen LogP contribution in [0.5, 0.6) is 0 Å². The Morgan fingerprint density at radius 1 is 1.07 bits per heavy atom. The highest BCUT2D eigenvalue weighted by Crippen LogP contribution is 2.21. The lowest BCUT2D eigenvalue weighted by Gasteiger charge is -2.14. The lowest BCUT2D eigenvalue weighted by atomic mass is 10.1. The van der Waals surface area contributed by atoms with Crippen LogP contribution in [0.25, 0.3) is 0 Å². The van der Waals surface area contributed by atoms with Gasteiger partial charge in [-0.3, -0.25) is 4.79 Å². The van der Waals surface area contributed by atoms with Gasteiger partial charge < -0.3 is 11.1 Å². The summed E-state index contributed by atoms with van der Waals surface area (Å²) < 4.78 is 27.6. The van der Waals surface area contributed by atoms with Crippen molar-refractivity contribution in [3.63, 3.8) is 0 Å². The number of aryl methyl sites for hydroxylation is 3. The van der Waals surface area contributed by atoms with Gasteiger partial charge in [0.2, 0.25) is 15.9 Å². The Labute approximate surface area is 161 Å². The zero-order valence-electron chi connectivity index (χ0n) is 16.0. The molecule has 0 saturated carbocycles. The summed E-state index contributed by atoms with van der Waals surface area (Å²) in [6.45, 7) is 5.79. The lowest BCUT2D eigenvalue weighted by Crippen LogP contribution is -2.35. The maximum atomic E-state index is 12.6. The molecule has 7 heteroatoms. The molecule has 0 heterocycles. The summed E-state index contributed by atoms with van der Waals surface area (Å²) in [4.78, 5) is 12.3. The van der Waals surface area contributed by atoms with Crippen LogP contribution < -0.4 is 15.8 Å². The Bertz CT molecular complexity index is 873. The number of carbonyl (C=O) groups is 1. The quantitative estimate of drug-likeness (QED) is 0.643. The molecule has 27 heavy (non-hydrogen) atoms. The van der Waals surface area contributed by atoms with Crippen LogP contribution >= 0.6 is 0 Å². The smallest absolute Gasteiger partial charge is 0.241 e. The molecule has 2 aromatic rings. The van der Waals surface area contributed by atoms with Crippen LogP contribution in [-0.2, 0) is 14.8 Å². The predicted molar refractivity (Wildman–Crippen MR) is 107 cm³/mol. The molecule has 0 fully saturated rings. The van der Waals surface area contributed by atoms with Crippen molar-refractivity contribution in [2.75, 3.05) is 13.1 Å². The molecular weight excluding hydrogens is 362 g/mol. The fourth-order valence-electron chi connectivity index (χ4n) is 3.09. The van der Waals surface area contributed by atoms with Crippen LogP contribution in [-0.4, -0.2) is 27.4 Å².